The van der Waals surface area contributed by atoms with Crippen molar-refractivity contribution in [3.05, 3.63) is 47.5 Å². The third kappa shape index (κ3) is 2.95. The number of carbonyl (C=O) groups is 1. The van der Waals surface area contributed by atoms with Crippen molar-refractivity contribution in [3.8, 4) is 0 Å². The van der Waals surface area contributed by atoms with E-state index in [4.69, 9.17) is 4.74 Å². The van der Waals surface area contributed by atoms with Crippen LogP contribution in [0.15, 0.2) is 36.4 Å². The molecule has 5 rings (SSSR count). The second-order valence-corrected chi connectivity index (χ2v) is 9.66. The highest BCUT2D eigenvalue weighted by Gasteiger charge is 2.55. The van der Waals surface area contributed by atoms with Gasteiger partial charge in [-0.05, 0) is 61.0 Å². The minimum absolute atomic E-state index is 0.0412. The van der Waals surface area contributed by atoms with E-state index in [0.717, 1.165) is 38.9 Å². The van der Waals surface area contributed by atoms with Gasteiger partial charge in [0.2, 0.25) is 0 Å². The van der Waals surface area contributed by atoms with Gasteiger partial charge in [0.1, 0.15) is 6.10 Å². The molecular weight excluding hydrogens is 334 g/mol. The fourth-order valence-electron chi connectivity index (χ4n) is 6.45. The quantitative estimate of drug-likeness (QED) is 0.576. The van der Waals surface area contributed by atoms with E-state index >= 15 is 0 Å². The Morgan fingerprint density at radius 1 is 1.26 bits per heavy atom. The molecular formula is C24H31NO2. The van der Waals surface area contributed by atoms with Crippen molar-refractivity contribution in [2.45, 2.75) is 58.1 Å². The number of hydrogen-bond donors (Lipinski definition) is 0. The normalized spacial score (nSPS) is 38.7. The van der Waals surface area contributed by atoms with E-state index in [9.17, 15) is 4.79 Å². The maximum absolute atomic E-state index is 12.8. The Balaban J connectivity index is 1.32. The number of ether oxygens (including phenoxy) is 1. The predicted octanol–water partition coefficient (Wildman–Crippen LogP) is 4.36. The smallest absolute Gasteiger partial charge is 0.310 e. The Labute approximate surface area is 162 Å². The topological polar surface area (TPSA) is 29.5 Å². The van der Waals surface area contributed by atoms with Crippen LogP contribution in [0.25, 0.3) is 0 Å². The number of esters is 1. The largest absolute Gasteiger partial charge is 0.462 e. The van der Waals surface area contributed by atoms with Gasteiger partial charge in [0.05, 0.1) is 5.92 Å². The molecule has 3 nitrogen and oxygen atoms in total. The highest BCUT2D eigenvalue weighted by Crippen LogP contribution is 2.57. The molecule has 1 aromatic rings. The fraction of sp³-hybridized carbons (Fsp3) is 0.625. The van der Waals surface area contributed by atoms with Gasteiger partial charge in [0.25, 0.3) is 0 Å². The Morgan fingerprint density at radius 2 is 2.07 bits per heavy atom. The Hall–Kier alpha value is -1.61. The molecule has 0 unspecified atom stereocenters. The molecule has 1 saturated heterocycles. The highest BCUT2D eigenvalue weighted by atomic mass is 16.6. The molecule has 0 bridgehead atoms. The van der Waals surface area contributed by atoms with Crippen LogP contribution in [0.3, 0.4) is 0 Å². The van der Waals surface area contributed by atoms with E-state index < -0.39 is 0 Å². The van der Waals surface area contributed by atoms with Gasteiger partial charge in [-0.1, -0.05) is 43.3 Å². The summed E-state index contributed by atoms with van der Waals surface area (Å²) in [5.41, 5.74) is 4.60. The third-order valence-electron chi connectivity index (χ3n) is 7.98. The highest BCUT2D eigenvalue weighted by molar-refractivity contribution is 5.75. The SMILES string of the molecule is C=C1CCC[C@]2(C)C[C@H]3OC(=O)[C@H](CN4CCc5ccccc5C4)[C@H]3C[C@@H]12. The average Bonchev–Trinajstić information content (AvgIpc) is 2.94. The number of hydrogen-bond acceptors (Lipinski definition) is 3. The molecule has 5 atom stereocenters. The summed E-state index contributed by atoms with van der Waals surface area (Å²) in [7, 11) is 0. The van der Waals surface area contributed by atoms with Crippen LogP contribution in [0.4, 0.5) is 0 Å². The van der Waals surface area contributed by atoms with Crippen molar-refractivity contribution in [3.63, 3.8) is 0 Å². The molecule has 2 heterocycles. The maximum Gasteiger partial charge on any atom is 0.310 e. The van der Waals surface area contributed by atoms with Gasteiger partial charge in [-0.2, -0.15) is 0 Å². The zero-order chi connectivity index (χ0) is 18.6. The van der Waals surface area contributed by atoms with Crippen LogP contribution >= 0.6 is 0 Å². The van der Waals surface area contributed by atoms with E-state index in [2.05, 4.69) is 42.7 Å². The Kier molecular flexibility index (Phi) is 4.19. The fourth-order valence-corrected chi connectivity index (χ4v) is 6.45. The molecule has 144 valence electrons. The molecule has 0 spiro atoms. The van der Waals surface area contributed by atoms with Crippen LogP contribution in [0.2, 0.25) is 0 Å². The van der Waals surface area contributed by atoms with E-state index in [1.807, 2.05) is 0 Å². The first-order valence-electron chi connectivity index (χ1n) is 10.7. The first kappa shape index (κ1) is 17.5. The summed E-state index contributed by atoms with van der Waals surface area (Å²) < 4.78 is 5.94. The van der Waals surface area contributed by atoms with Gasteiger partial charge in [-0.3, -0.25) is 9.69 Å². The van der Waals surface area contributed by atoms with Gasteiger partial charge in [0, 0.05) is 25.6 Å². The number of benzene rings is 1. The zero-order valence-corrected chi connectivity index (χ0v) is 16.5. The summed E-state index contributed by atoms with van der Waals surface area (Å²) in [6, 6.07) is 8.72. The van der Waals surface area contributed by atoms with E-state index in [1.54, 1.807) is 0 Å². The molecule has 27 heavy (non-hydrogen) atoms. The Bertz CT molecular complexity index is 771. The lowest BCUT2D eigenvalue weighted by Crippen LogP contribution is -2.46. The predicted molar refractivity (Wildman–Crippen MR) is 106 cm³/mol. The van der Waals surface area contributed by atoms with Gasteiger partial charge >= 0.3 is 5.97 Å². The van der Waals surface area contributed by atoms with Crippen molar-refractivity contribution in [2.24, 2.45) is 23.2 Å². The van der Waals surface area contributed by atoms with Crippen LogP contribution < -0.4 is 0 Å². The lowest BCUT2D eigenvalue weighted by Gasteiger charge is -2.50. The number of rotatable bonds is 2. The van der Waals surface area contributed by atoms with E-state index in [1.165, 1.54) is 36.0 Å². The lowest BCUT2D eigenvalue weighted by atomic mass is 9.55. The van der Waals surface area contributed by atoms with Gasteiger partial charge in [-0.15, -0.1) is 0 Å². The van der Waals surface area contributed by atoms with Crippen LogP contribution in [0.5, 0.6) is 0 Å². The lowest BCUT2D eigenvalue weighted by molar-refractivity contribution is -0.146. The van der Waals surface area contributed by atoms with E-state index in [0.29, 0.717) is 11.8 Å². The molecule has 0 amide bonds. The molecule has 2 saturated carbocycles. The van der Waals surface area contributed by atoms with Crippen molar-refractivity contribution in [1.29, 1.82) is 0 Å². The first-order valence-corrected chi connectivity index (χ1v) is 10.7. The molecule has 1 aromatic carbocycles. The third-order valence-corrected chi connectivity index (χ3v) is 7.98. The van der Waals surface area contributed by atoms with Crippen LogP contribution in [0.1, 0.15) is 50.2 Å². The first-order chi connectivity index (χ1) is 13.0. The molecule has 4 aliphatic rings. The summed E-state index contributed by atoms with van der Waals surface area (Å²) in [6.45, 7) is 9.67. The number of fused-ring (bicyclic) bond motifs is 3. The summed E-state index contributed by atoms with van der Waals surface area (Å²) in [4.78, 5) is 15.3. The van der Waals surface area contributed by atoms with E-state index in [-0.39, 0.29) is 23.4 Å². The second kappa shape index (κ2) is 6.48. The summed E-state index contributed by atoms with van der Waals surface area (Å²) in [5, 5.41) is 0. The molecule has 3 heteroatoms. The monoisotopic (exact) mass is 365 g/mol. The van der Waals surface area contributed by atoms with Crippen molar-refractivity contribution in [2.75, 3.05) is 13.1 Å². The van der Waals surface area contributed by atoms with Crippen LogP contribution in [-0.4, -0.2) is 30.1 Å². The van der Waals surface area contributed by atoms with Crippen molar-refractivity contribution < 1.29 is 9.53 Å². The number of carbonyl (C=O) groups excluding carboxylic acids is 1. The van der Waals surface area contributed by atoms with Crippen molar-refractivity contribution >= 4 is 5.97 Å². The molecule has 2 aliphatic heterocycles. The average molecular weight is 366 g/mol. The minimum atomic E-state index is 0.0412. The van der Waals surface area contributed by atoms with Gasteiger partial charge < -0.3 is 4.74 Å². The maximum atomic E-state index is 12.8. The second-order valence-electron chi connectivity index (χ2n) is 9.66. The van der Waals surface area contributed by atoms with Gasteiger partial charge in [-0.25, -0.2) is 0 Å². The minimum Gasteiger partial charge on any atom is -0.462 e. The zero-order valence-electron chi connectivity index (χ0n) is 16.5. The molecule has 0 aromatic heterocycles. The van der Waals surface area contributed by atoms with Crippen LogP contribution in [-0.2, 0) is 22.5 Å². The standard InChI is InChI=1S/C24H31NO2/c1-16-6-5-10-24(2)13-22-19(12-21(16)24)20(23(26)27-22)15-25-11-9-17-7-3-4-8-18(17)14-25/h3-4,7-8,19-22H,1,5-6,9-15H2,2H3/t19-,20-,21+,22-,24-/m1/s1. The molecule has 0 N–H and O–H groups in total. The Morgan fingerprint density at radius 3 is 2.93 bits per heavy atom. The summed E-state index contributed by atoms with van der Waals surface area (Å²) in [5.74, 6) is 1.05. The summed E-state index contributed by atoms with van der Waals surface area (Å²) >= 11 is 0. The molecule has 3 fully saturated rings. The van der Waals surface area contributed by atoms with Crippen molar-refractivity contribution in [1.82, 2.24) is 4.90 Å². The molecule has 2 aliphatic carbocycles. The summed E-state index contributed by atoms with van der Waals surface area (Å²) in [6.07, 6.45) is 7.02. The number of allylic oxidation sites excluding steroid dienone is 1. The van der Waals surface area contributed by atoms with Gasteiger partial charge in [0.15, 0.2) is 0 Å². The number of nitrogens with zero attached hydrogens (tertiary/aromatic N) is 1. The van der Waals surface area contributed by atoms with Crippen LogP contribution in [0, 0.1) is 23.2 Å². The molecule has 0 radical (unpaired) electrons.